The largest absolute Gasteiger partial charge is 0.584 e. The quantitative estimate of drug-likeness (QED) is 0.601. The van der Waals surface area contributed by atoms with Gasteiger partial charge in [-0.25, -0.2) is 4.57 Å². The summed E-state index contributed by atoms with van der Waals surface area (Å²) in [5.41, 5.74) is 0.925. The molecule has 106 valence electrons. The maximum Gasteiger partial charge on any atom is 0.584 e. The summed E-state index contributed by atoms with van der Waals surface area (Å²) in [4.78, 5) is 9.72. The highest BCUT2D eigenvalue weighted by Crippen LogP contribution is 2.44. The molecule has 0 amide bonds. The Balaban J connectivity index is 2.10. The first-order valence-electron chi connectivity index (χ1n) is 5.61. The van der Waals surface area contributed by atoms with Gasteiger partial charge in [0.25, 0.3) is 0 Å². The molecule has 0 aliphatic rings. The molecular weight excluding hydrogens is 366 g/mol. The zero-order chi connectivity index (χ0) is 14.6. The zero-order valence-corrected chi connectivity index (χ0v) is 13.4. The third-order valence-electron chi connectivity index (χ3n) is 2.31. The van der Waals surface area contributed by atoms with Crippen molar-refractivity contribution in [2.45, 2.75) is 5.33 Å². The molecule has 0 fully saturated rings. The van der Waals surface area contributed by atoms with Crippen molar-refractivity contribution in [3.05, 3.63) is 59.1 Å². The number of alkyl halides is 1. The normalized spacial score (nSPS) is 13.6. The van der Waals surface area contributed by atoms with Crippen molar-refractivity contribution in [2.75, 3.05) is 0 Å². The van der Waals surface area contributed by atoms with E-state index in [1.807, 2.05) is 6.07 Å². The molecule has 0 aliphatic heterocycles. The number of rotatable bonds is 5. The number of phosphoric acid groups is 1. The van der Waals surface area contributed by atoms with Gasteiger partial charge in [0.1, 0.15) is 11.5 Å². The van der Waals surface area contributed by atoms with Crippen LogP contribution in [0.15, 0.2) is 48.5 Å². The Labute approximate surface area is 130 Å². The van der Waals surface area contributed by atoms with Crippen LogP contribution in [0.4, 0.5) is 0 Å². The van der Waals surface area contributed by atoms with E-state index in [1.165, 1.54) is 12.1 Å². The molecule has 0 aliphatic carbocycles. The van der Waals surface area contributed by atoms with E-state index in [2.05, 4.69) is 15.9 Å². The molecule has 0 spiro atoms. The molecular formula is C13H11BrClO4P. The number of hydrogen-bond acceptors (Lipinski definition) is 3. The maximum atomic E-state index is 11.9. The zero-order valence-electron chi connectivity index (χ0n) is 10.2. The Morgan fingerprint density at radius 2 is 1.75 bits per heavy atom. The summed E-state index contributed by atoms with van der Waals surface area (Å²) >= 11 is 9.02. The van der Waals surface area contributed by atoms with Crippen LogP contribution in [0.5, 0.6) is 11.5 Å². The van der Waals surface area contributed by atoms with Gasteiger partial charge >= 0.3 is 7.82 Å². The molecule has 2 aromatic rings. The lowest BCUT2D eigenvalue weighted by Crippen LogP contribution is -2.00. The summed E-state index contributed by atoms with van der Waals surface area (Å²) < 4.78 is 21.9. The minimum atomic E-state index is -4.24. The van der Waals surface area contributed by atoms with Crippen molar-refractivity contribution in [1.82, 2.24) is 0 Å². The molecule has 20 heavy (non-hydrogen) atoms. The van der Waals surface area contributed by atoms with Crippen LogP contribution in [0.1, 0.15) is 5.56 Å². The molecule has 4 nitrogen and oxygen atoms in total. The fourth-order valence-corrected chi connectivity index (χ4v) is 2.75. The molecule has 0 radical (unpaired) electrons. The summed E-state index contributed by atoms with van der Waals surface area (Å²) in [5.74, 6) is 0.471. The van der Waals surface area contributed by atoms with Crippen molar-refractivity contribution in [3.8, 4) is 11.5 Å². The van der Waals surface area contributed by atoms with Crippen LogP contribution in [0.3, 0.4) is 0 Å². The smallest absolute Gasteiger partial charge is 0.395 e. The third-order valence-corrected chi connectivity index (χ3v) is 4.09. The molecule has 0 aromatic heterocycles. The highest BCUT2D eigenvalue weighted by Gasteiger charge is 2.25. The monoisotopic (exact) mass is 376 g/mol. The first-order chi connectivity index (χ1) is 9.48. The summed E-state index contributed by atoms with van der Waals surface area (Å²) in [5, 5.41) is 1.13. The summed E-state index contributed by atoms with van der Waals surface area (Å²) in [6, 6.07) is 12.9. The van der Waals surface area contributed by atoms with Crippen molar-refractivity contribution in [2.24, 2.45) is 0 Å². The molecule has 2 rings (SSSR count). The molecule has 0 saturated heterocycles. The van der Waals surface area contributed by atoms with Crippen LogP contribution in [0.25, 0.3) is 0 Å². The first-order valence-corrected chi connectivity index (χ1v) is 8.60. The van der Waals surface area contributed by atoms with Gasteiger partial charge in [0, 0.05) is 10.4 Å². The lowest BCUT2D eigenvalue weighted by molar-refractivity contribution is 0.291. The lowest BCUT2D eigenvalue weighted by atomic mass is 10.2. The van der Waals surface area contributed by atoms with E-state index in [0.717, 1.165) is 5.56 Å². The van der Waals surface area contributed by atoms with Gasteiger partial charge in [-0.05, 0) is 42.0 Å². The number of phosphoric ester groups is 1. The second kappa shape index (κ2) is 6.64. The molecule has 0 saturated carbocycles. The first kappa shape index (κ1) is 15.4. The van der Waals surface area contributed by atoms with Crippen LogP contribution in [-0.4, -0.2) is 4.89 Å². The van der Waals surface area contributed by atoms with Crippen molar-refractivity contribution in [1.29, 1.82) is 0 Å². The van der Waals surface area contributed by atoms with E-state index < -0.39 is 7.82 Å². The van der Waals surface area contributed by atoms with E-state index in [1.54, 1.807) is 30.3 Å². The standard InChI is InChI=1S/C13H11BrClO4P/c14-9-10-2-1-3-13(8-10)19-20(16,17)18-12-6-4-11(15)5-7-12/h1-8H,9H2,(H,16,17). The SMILES string of the molecule is O=P(O)(Oc1ccc(Cl)cc1)Oc1cccc(CBr)c1. The van der Waals surface area contributed by atoms with Crippen LogP contribution in [-0.2, 0) is 9.90 Å². The highest BCUT2D eigenvalue weighted by atomic mass is 79.9. The van der Waals surface area contributed by atoms with Gasteiger partial charge in [0.05, 0.1) is 0 Å². The predicted molar refractivity (Wildman–Crippen MR) is 81.6 cm³/mol. The Bertz CT molecular complexity index is 633. The van der Waals surface area contributed by atoms with E-state index in [4.69, 9.17) is 20.6 Å². The average molecular weight is 378 g/mol. The van der Waals surface area contributed by atoms with Gasteiger partial charge < -0.3 is 9.05 Å². The van der Waals surface area contributed by atoms with Gasteiger partial charge in [0.15, 0.2) is 0 Å². The van der Waals surface area contributed by atoms with Gasteiger partial charge in [-0.1, -0.05) is 39.7 Å². The van der Waals surface area contributed by atoms with Gasteiger partial charge in [-0.2, -0.15) is 0 Å². The molecule has 7 heteroatoms. The fourth-order valence-electron chi connectivity index (χ4n) is 1.47. The topological polar surface area (TPSA) is 55.8 Å². The van der Waals surface area contributed by atoms with E-state index in [-0.39, 0.29) is 11.5 Å². The van der Waals surface area contributed by atoms with E-state index in [9.17, 15) is 9.46 Å². The van der Waals surface area contributed by atoms with Crippen molar-refractivity contribution < 1.29 is 18.5 Å². The van der Waals surface area contributed by atoms with E-state index in [0.29, 0.717) is 10.4 Å². The molecule has 1 unspecified atom stereocenters. The number of halogens is 2. The summed E-state index contributed by atoms with van der Waals surface area (Å²) in [7, 11) is -4.24. The molecule has 0 bridgehead atoms. The van der Waals surface area contributed by atoms with Crippen molar-refractivity contribution in [3.63, 3.8) is 0 Å². The molecule has 1 N–H and O–H groups in total. The van der Waals surface area contributed by atoms with Crippen LogP contribution in [0, 0.1) is 0 Å². The third kappa shape index (κ3) is 4.53. The van der Waals surface area contributed by atoms with E-state index >= 15 is 0 Å². The average Bonchev–Trinajstić information content (AvgIpc) is 2.41. The molecule has 1 atom stereocenters. The highest BCUT2D eigenvalue weighted by molar-refractivity contribution is 9.08. The second-order valence-corrected chi connectivity index (χ2v) is 6.19. The van der Waals surface area contributed by atoms with Crippen LogP contribution < -0.4 is 9.05 Å². The molecule has 0 heterocycles. The number of benzene rings is 2. The minimum Gasteiger partial charge on any atom is -0.395 e. The summed E-state index contributed by atoms with van der Waals surface area (Å²) in [6.45, 7) is 0. The Kier molecular flexibility index (Phi) is 5.11. The Morgan fingerprint density at radius 3 is 2.40 bits per heavy atom. The van der Waals surface area contributed by atoms with Crippen LogP contribution in [0.2, 0.25) is 5.02 Å². The van der Waals surface area contributed by atoms with Gasteiger partial charge in [-0.15, -0.1) is 0 Å². The summed E-state index contributed by atoms with van der Waals surface area (Å²) in [6.07, 6.45) is 0. The minimum absolute atomic E-state index is 0.205. The maximum absolute atomic E-state index is 11.9. The Hall–Kier alpha value is -1.000. The number of hydrogen-bond donors (Lipinski definition) is 1. The second-order valence-electron chi connectivity index (χ2n) is 3.89. The van der Waals surface area contributed by atoms with Crippen LogP contribution >= 0.6 is 35.4 Å². The molecule has 2 aromatic carbocycles. The van der Waals surface area contributed by atoms with Gasteiger partial charge in [-0.3, -0.25) is 4.89 Å². The Morgan fingerprint density at radius 1 is 1.10 bits per heavy atom. The van der Waals surface area contributed by atoms with Gasteiger partial charge in [0.2, 0.25) is 0 Å². The fraction of sp³-hybridized carbons (Fsp3) is 0.0769. The lowest BCUT2D eigenvalue weighted by Gasteiger charge is -2.14. The predicted octanol–water partition coefficient (Wildman–Crippen LogP) is 4.79. The van der Waals surface area contributed by atoms with Crippen molar-refractivity contribution >= 4 is 35.4 Å².